The first-order chi connectivity index (χ1) is 8.04. The van der Waals surface area contributed by atoms with Crippen LogP contribution in [0.1, 0.15) is 25.3 Å². The van der Waals surface area contributed by atoms with Crippen LogP contribution in [0.3, 0.4) is 0 Å². The summed E-state index contributed by atoms with van der Waals surface area (Å²) >= 11 is 0. The highest BCUT2D eigenvalue weighted by Gasteiger charge is 2.12. The zero-order chi connectivity index (χ0) is 12.6. The van der Waals surface area contributed by atoms with Gasteiger partial charge in [-0.1, -0.05) is 26.0 Å². The Morgan fingerprint density at radius 1 is 1.06 bits per heavy atom. The summed E-state index contributed by atoms with van der Waals surface area (Å²) in [4.78, 5) is 0. The lowest BCUT2D eigenvalue weighted by molar-refractivity contribution is 0.372. The van der Waals surface area contributed by atoms with Gasteiger partial charge in [0.1, 0.15) is 5.75 Å². The predicted octanol–water partition coefficient (Wildman–Crippen LogP) is 3.38. The second-order valence-corrected chi connectivity index (χ2v) is 4.41. The number of fused-ring (bicyclic) bond motifs is 1. The molecular formula is C14H16O3. The van der Waals surface area contributed by atoms with Crippen LogP contribution in [0.15, 0.2) is 24.3 Å². The molecule has 0 aliphatic rings. The van der Waals surface area contributed by atoms with Crippen LogP contribution in [0.4, 0.5) is 0 Å². The Bertz CT molecular complexity index is 559. The highest BCUT2D eigenvalue weighted by atomic mass is 16.5. The van der Waals surface area contributed by atoms with Gasteiger partial charge in [-0.2, -0.15) is 0 Å². The van der Waals surface area contributed by atoms with Gasteiger partial charge in [0.05, 0.1) is 7.11 Å². The van der Waals surface area contributed by atoms with Crippen molar-refractivity contribution < 1.29 is 14.9 Å². The Kier molecular flexibility index (Phi) is 2.84. The van der Waals surface area contributed by atoms with Crippen LogP contribution in [0.5, 0.6) is 17.2 Å². The molecule has 0 radical (unpaired) electrons. The van der Waals surface area contributed by atoms with Gasteiger partial charge in [-0.05, 0) is 17.5 Å². The van der Waals surface area contributed by atoms with E-state index >= 15 is 0 Å². The molecule has 0 saturated carbocycles. The highest BCUT2D eigenvalue weighted by molar-refractivity contribution is 5.95. The largest absolute Gasteiger partial charge is 0.507 e. The molecular weight excluding hydrogens is 216 g/mol. The van der Waals surface area contributed by atoms with Crippen LogP contribution in [0.2, 0.25) is 0 Å². The van der Waals surface area contributed by atoms with Crippen LogP contribution in [-0.4, -0.2) is 17.3 Å². The van der Waals surface area contributed by atoms with E-state index in [-0.39, 0.29) is 17.2 Å². The molecule has 0 bridgehead atoms. The molecule has 0 saturated heterocycles. The maximum atomic E-state index is 9.97. The fourth-order valence-electron chi connectivity index (χ4n) is 1.90. The van der Waals surface area contributed by atoms with Gasteiger partial charge in [-0.15, -0.1) is 0 Å². The molecule has 17 heavy (non-hydrogen) atoms. The normalized spacial score (nSPS) is 11.1. The molecule has 2 aromatic rings. The van der Waals surface area contributed by atoms with E-state index in [1.54, 1.807) is 0 Å². The zero-order valence-corrected chi connectivity index (χ0v) is 10.2. The van der Waals surface area contributed by atoms with E-state index in [0.717, 1.165) is 5.56 Å². The van der Waals surface area contributed by atoms with Gasteiger partial charge in [0.15, 0.2) is 11.5 Å². The Labute approximate surface area is 100 Å². The van der Waals surface area contributed by atoms with Crippen LogP contribution < -0.4 is 4.74 Å². The van der Waals surface area contributed by atoms with E-state index in [0.29, 0.717) is 16.7 Å². The fraction of sp³-hybridized carbons (Fsp3) is 0.286. The summed E-state index contributed by atoms with van der Waals surface area (Å²) in [7, 11) is 1.46. The summed E-state index contributed by atoms with van der Waals surface area (Å²) in [5, 5.41) is 21.1. The Hall–Kier alpha value is -1.90. The van der Waals surface area contributed by atoms with Gasteiger partial charge in [-0.3, -0.25) is 0 Å². The first-order valence-electron chi connectivity index (χ1n) is 5.57. The number of aromatic hydroxyl groups is 2. The topological polar surface area (TPSA) is 49.7 Å². The summed E-state index contributed by atoms with van der Waals surface area (Å²) in [6.45, 7) is 4.17. The average molecular weight is 232 g/mol. The van der Waals surface area contributed by atoms with Gasteiger partial charge in [-0.25, -0.2) is 0 Å². The van der Waals surface area contributed by atoms with Crippen LogP contribution in [0, 0.1) is 0 Å². The van der Waals surface area contributed by atoms with Gasteiger partial charge in [0.25, 0.3) is 0 Å². The number of ether oxygens (including phenoxy) is 1. The second-order valence-electron chi connectivity index (χ2n) is 4.41. The van der Waals surface area contributed by atoms with E-state index in [9.17, 15) is 10.2 Å². The summed E-state index contributed by atoms with van der Waals surface area (Å²) in [6.07, 6.45) is 0. The smallest absolute Gasteiger partial charge is 0.165 e. The molecule has 0 aliphatic carbocycles. The fourth-order valence-corrected chi connectivity index (χ4v) is 1.90. The number of hydrogen-bond donors (Lipinski definition) is 2. The summed E-state index contributed by atoms with van der Waals surface area (Å²) in [5.41, 5.74) is 1.12. The predicted molar refractivity (Wildman–Crippen MR) is 67.9 cm³/mol. The first kappa shape index (κ1) is 11.6. The molecule has 2 aromatic carbocycles. The van der Waals surface area contributed by atoms with Gasteiger partial charge < -0.3 is 14.9 Å². The molecule has 0 heterocycles. The van der Waals surface area contributed by atoms with Gasteiger partial charge in [0.2, 0.25) is 0 Å². The second kappa shape index (κ2) is 4.17. The Morgan fingerprint density at radius 3 is 2.35 bits per heavy atom. The Balaban J connectivity index is 2.76. The molecule has 90 valence electrons. The van der Waals surface area contributed by atoms with Crippen LogP contribution in [-0.2, 0) is 0 Å². The van der Waals surface area contributed by atoms with Gasteiger partial charge in [0, 0.05) is 16.8 Å². The zero-order valence-electron chi connectivity index (χ0n) is 10.2. The number of benzene rings is 2. The quantitative estimate of drug-likeness (QED) is 0.780. The molecule has 0 aliphatic heterocycles. The highest BCUT2D eigenvalue weighted by Crippen LogP contribution is 2.40. The number of phenolic OH excluding ortho intramolecular Hbond substituents is 2. The van der Waals surface area contributed by atoms with Gasteiger partial charge >= 0.3 is 0 Å². The minimum atomic E-state index is 0.0654. The van der Waals surface area contributed by atoms with Crippen molar-refractivity contribution in [1.29, 1.82) is 0 Å². The summed E-state index contributed by atoms with van der Waals surface area (Å²) in [6, 6.07) is 7.09. The molecule has 2 N–H and O–H groups in total. The average Bonchev–Trinajstić information content (AvgIpc) is 2.33. The van der Waals surface area contributed by atoms with E-state index in [1.165, 1.54) is 13.2 Å². The van der Waals surface area contributed by atoms with Crippen LogP contribution >= 0.6 is 0 Å². The molecule has 0 atom stereocenters. The number of phenols is 2. The van der Waals surface area contributed by atoms with Crippen molar-refractivity contribution >= 4 is 10.8 Å². The van der Waals surface area contributed by atoms with E-state index in [1.807, 2.05) is 18.2 Å². The minimum absolute atomic E-state index is 0.0654. The van der Waals surface area contributed by atoms with Crippen molar-refractivity contribution in [3.05, 3.63) is 29.8 Å². The van der Waals surface area contributed by atoms with Crippen molar-refractivity contribution in [1.82, 2.24) is 0 Å². The third-order valence-corrected chi connectivity index (χ3v) is 2.96. The summed E-state index contributed by atoms with van der Waals surface area (Å²) in [5.74, 6) is 0.850. The number of methoxy groups -OCH3 is 1. The van der Waals surface area contributed by atoms with Crippen molar-refractivity contribution in [2.75, 3.05) is 7.11 Å². The molecule has 0 unspecified atom stereocenters. The molecule has 2 rings (SSSR count). The van der Waals surface area contributed by atoms with E-state index < -0.39 is 0 Å². The minimum Gasteiger partial charge on any atom is -0.507 e. The molecule has 0 fully saturated rings. The monoisotopic (exact) mass is 232 g/mol. The Morgan fingerprint density at radius 2 is 1.76 bits per heavy atom. The van der Waals surface area contributed by atoms with Crippen molar-refractivity contribution in [2.45, 2.75) is 19.8 Å². The third-order valence-electron chi connectivity index (χ3n) is 2.96. The van der Waals surface area contributed by atoms with Crippen LogP contribution in [0.25, 0.3) is 10.8 Å². The van der Waals surface area contributed by atoms with Crippen molar-refractivity contribution in [2.24, 2.45) is 0 Å². The maximum absolute atomic E-state index is 9.97. The molecule has 0 amide bonds. The molecule has 0 aromatic heterocycles. The molecule has 3 heteroatoms. The maximum Gasteiger partial charge on any atom is 0.165 e. The SMILES string of the molecule is COc1cc(O)c2cc(C(C)C)ccc2c1O. The summed E-state index contributed by atoms with van der Waals surface area (Å²) < 4.78 is 5.00. The molecule has 3 nitrogen and oxygen atoms in total. The van der Waals surface area contributed by atoms with Crippen molar-refractivity contribution in [3.8, 4) is 17.2 Å². The van der Waals surface area contributed by atoms with E-state index in [4.69, 9.17) is 4.74 Å². The third kappa shape index (κ3) is 1.88. The standard InChI is InChI=1S/C14H16O3/c1-8(2)9-4-5-10-11(6-9)12(15)7-13(17-3)14(10)16/h4-8,15-16H,1-3H3. The number of hydrogen-bond acceptors (Lipinski definition) is 3. The first-order valence-corrected chi connectivity index (χ1v) is 5.57. The lowest BCUT2D eigenvalue weighted by Gasteiger charge is -2.11. The lowest BCUT2D eigenvalue weighted by Crippen LogP contribution is -1.89. The van der Waals surface area contributed by atoms with Crippen molar-refractivity contribution in [3.63, 3.8) is 0 Å². The molecule has 0 spiro atoms. The number of rotatable bonds is 2. The lowest BCUT2D eigenvalue weighted by atomic mass is 9.98. The van der Waals surface area contributed by atoms with E-state index in [2.05, 4.69) is 13.8 Å².